The summed E-state index contributed by atoms with van der Waals surface area (Å²) in [7, 11) is 0. The number of aromatic nitrogens is 5. The van der Waals surface area contributed by atoms with Gasteiger partial charge in [-0.2, -0.15) is 25.3 Å². The van der Waals surface area contributed by atoms with Crippen molar-refractivity contribution in [2.24, 2.45) is 0 Å². The molecule has 2 aromatic heterocycles. The van der Waals surface area contributed by atoms with Crippen molar-refractivity contribution in [3.63, 3.8) is 0 Å². The standard InChI is InChI=1S/C24H22N8O/c1-15-12-16(2)32(31-15)14-17-8-10-18(11-9-17)21(33)20(13-25)22-28-23(26)30-24(29-22)27-19-6-4-3-5-7-19/h3-12,20H,14H2,1-2H3,(H3,26,27,28,29,30). The molecule has 0 spiro atoms. The Labute approximate surface area is 191 Å². The van der Waals surface area contributed by atoms with Gasteiger partial charge in [-0.3, -0.25) is 9.48 Å². The van der Waals surface area contributed by atoms with Gasteiger partial charge in [-0.1, -0.05) is 42.5 Å². The summed E-state index contributed by atoms with van der Waals surface area (Å²) in [4.78, 5) is 25.4. The van der Waals surface area contributed by atoms with E-state index in [1.54, 1.807) is 12.1 Å². The number of benzene rings is 2. The van der Waals surface area contributed by atoms with Crippen molar-refractivity contribution in [1.82, 2.24) is 24.7 Å². The lowest BCUT2D eigenvalue weighted by atomic mass is 9.97. The van der Waals surface area contributed by atoms with Gasteiger partial charge in [0.2, 0.25) is 11.9 Å². The van der Waals surface area contributed by atoms with Crippen LogP contribution in [0.4, 0.5) is 17.6 Å². The average molecular weight is 438 g/mol. The lowest BCUT2D eigenvalue weighted by Crippen LogP contribution is -2.17. The van der Waals surface area contributed by atoms with Gasteiger partial charge in [0.1, 0.15) is 0 Å². The molecule has 1 unspecified atom stereocenters. The number of ketones is 1. The van der Waals surface area contributed by atoms with Crippen molar-refractivity contribution in [2.75, 3.05) is 11.1 Å². The quantitative estimate of drug-likeness (QED) is 0.418. The fourth-order valence-corrected chi connectivity index (χ4v) is 3.43. The largest absolute Gasteiger partial charge is 0.368 e. The zero-order chi connectivity index (χ0) is 23.4. The zero-order valence-corrected chi connectivity index (χ0v) is 18.2. The molecule has 2 heterocycles. The van der Waals surface area contributed by atoms with Gasteiger partial charge in [0.15, 0.2) is 17.5 Å². The Morgan fingerprint density at radius 2 is 1.82 bits per heavy atom. The number of rotatable bonds is 7. The topological polar surface area (TPSA) is 135 Å². The Balaban J connectivity index is 1.54. The van der Waals surface area contributed by atoms with E-state index in [-0.39, 0.29) is 17.7 Å². The van der Waals surface area contributed by atoms with E-state index in [0.29, 0.717) is 12.1 Å². The van der Waals surface area contributed by atoms with Crippen LogP contribution < -0.4 is 11.1 Å². The molecule has 4 aromatic rings. The second-order valence-corrected chi connectivity index (χ2v) is 7.57. The Morgan fingerprint density at radius 1 is 1.09 bits per heavy atom. The Hall–Kier alpha value is -4.58. The fraction of sp³-hybridized carbons (Fsp3) is 0.167. The predicted molar refractivity (Wildman–Crippen MR) is 124 cm³/mol. The lowest BCUT2D eigenvalue weighted by Gasteiger charge is -2.11. The maximum absolute atomic E-state index is 13.1. The summed E-state index contributed by atoms with van der Waals surface area (Å²) < 4.78 is 1.90. The van der Waals surface area contributed by atoms with Crippen molar-refractivity contribution in [1.29, 1.82) is 5.26 Å². The number of hydrogen-bond donors (Lipinski definition) is 2. The van der Waals surface area contributed by atoms with Gasteiger partial charge in [0.25, 0.3) is 0 Å². The van der Waals surface area contributed by atoms with Crippen LogP contribution in [0.25, 0.3) is 0 Å². The van der Waals surface area contributed by atoms with E-state index < -0.39 is 11.7 Å². The molecule has 0 radical (unpaired) electrons. The molecule has 0 fully saturated rings. The summed E-state index contributed by atoms with van der Waals surface area (Å²) >= 11 is 0. The third-order valence-electron chi connectivity index (χ3n) is 5.02. The molecule has 0 aliphatic rings. The summed E-state index contributed by atoms with van der Waals surface area (Å²) in [5.41, 5.74) is 9.95. The highest BCUT2D eigenvalue weighted by molar-refractivity contribution is 6.02. The summed E-state index contributed by atoms with van der Waals surface area (Å²) in [5, 5.41) is 17.2. The molecule has 2 aromatic carbocycles. The molecule has 164 valence electrons. The van der Waals surface area contributed by atoms with Gasteiger partial charge < -0.3 is 11.1 Å². The highest BCUT2D eigenvalue weighted by atomic mass is 16.1. The lowest BCUT2D eigenvalue weighted by molar-refractivity contribution is 0.0976. The average Bonchev–Trinajstić information content (AvgIpc) is 3.11. The zero-order valence-electron chi connectivity index (χ0n) is 18.2. The van der Waals surface area contributed by atoms with Gasteiger partial charge in [-0.15, -0.1) is 0 Å². The molecule has 0 amide bonds. The molecule has 9 nitrogen and oxygen atoms in total. The van der Waals surface area contributed by atoms with Crippen molar-refractivity contribution < 1.29 is 4.79 Å². The summed E-state index contributed by atoms with van der Waals surface area (Å²) in [6.45, 7) is 4.53. The normalized spacial score (nSPS) is 11.5. The number of nitrogens with one attached hydrogen (secondary N) is 1. The van der Waals surface area contributed by atoms with Gasteiger partial charge in [-0.05, 0) is 37.6 Å². The Morgan fingerprint density at radius 3 is 2.45 bits per heavy atom. The predicted octanol–water partition coefficient (Wildman–Crippen LogP) is 3.55. The number of anilines is 3. The number of Topliss-reactive ketones (excluding diaryl/α,β-unsaturated/α-hetero) is 1. The van der Waals surface area contributed by atoms with E-state index in [4.69, 9.17) is 5.73 Å². The maximum atomic E-state index is 13.1. The molecule has 0 aliphatic carbocycles. The second kappa shape index (κ2) is 9.28. The smallest absolute Gasteiger partial charge is 0.232 e. The Kier molecular flexibility index (Phi) is 6.09. The van der Waals surface area contributed by atoms with Crippen LogP contribution in [0.2, 0.25) is 0 Å². The number of carbonyl (C=O) groups excluding carboxylic acids is 1. The minimum absolute atomic E-state index is 0.000138. The highest BCUT2D eigenvalue weighted by Gasteiger charge is 2.26. The first-order chi connectivity index (χ1) is 15.9. The maximum Gasteiger partial charge on any atom is 0.232 e. The Bertz CT molecular complexity index is 1320. The summed E-state index contributed by atoms with van der Waals surface area (Å²) in [6, 6.07) is 20.4. The molecule has 4 rings (SSSR count). The fourth-order valence-electron chi connectivity index (χ4n) is 3.43. The van der Waals surface area contributed by atoms with Gasteiger partial charge >= 0.3 is 0 Å². The number of nitriles is 1. The number of nitrogens with two attached hydrogens (primary N) is 1. The molecule has 33 heavy (non-hydrogen) atoms. The molecule has 0 bridgehead atoms. The summed E-state index contributed by atoms with van der Waals surface area (Å²) in [6.07, 6.45) is 0. The van der Waals surface area contributed by atoms with E-state index in [1.165, 1.54) is 0 Å². The van der Waals surface area contributed by atoms with Crippen molar-refractivity contribution in [2.45, 2.75) is 26.3 Å². The van der Waals surface area contributed by atoms with Crippen LogP contribution in [0.1, 0.15) is 39.1 Å². The molecule has 1 atom stereocenters. The molecule has 3 N–H and O–H groups in total. The molecule has 0 saturated carbocycles. The number of para-hydroxylation sites is 1. The number of nitrogens with zero attached hydrogens (tertiary/aromatic N) is 6. The van der Waals surface area contributed by atoms with E-state index in [1.807, 2.05) is 73.1 Å². The van der Waals surface area contributed by atoms with E-state index in [9.17, 15) is 10.1 Å². The molecule has 0 saturated heterocycles. The number of nitrogen functional groups attached to an aromatic ring is 1. The van der Waals surface area contributed by atoms with Crippen LogP contribution in [0.15, 0.2) is 60.7 Å². The van der Waals surface area contributed by atoms with Gasteiger partial charge in [0, 0.05) is 16.9 Å². The van der Waals surface area contributed by atoms with E-state index in [0.717, 1.165) is 22.6 Å². The first-order valence-electron chi connectivity index (χ1n) is 10.3. The third kappa shape index (κ3) is 5.02. The molecular formula is C24H22N8O. The number of aryl methyl sites for hydroxylation is 2. The minimum atomic E-state index is -1.21. The number of hydrogen-bond acceptors (Lipinski definition) is 8. The van der Waals surface area contributed by atoms with Gasteiger partial charge in [-0.25, -0.2) is 0 Å². The third-order valence-corrected chi connectivity index (χ3v) is 5.02. The van der Waals surface area contributed by atoms with Crippen LogP contribution in [-0.4, -0.2) is 30.5 Å². The van der Waals surface area contributed by atoms with E-state index >= 15 is 0 Å². The first-order valence-corrected chi connectivity index (χ1v) is 10.3. The minimum Gasteiger partial charge on any atom is -0.368 e. The van der Waals surface area contributed by atoms with Crippen molar-refractivity contribution >= 4 is 23.4 Å². The van der Waals surface area contributed by atoms with Crippen molar-refractivity contribution in [3.05, 3.63) is 89.0 Å². The van der Waals surface area contributed by atoms with Crippen LogP contribution in [0, 0.1) is 25.2 Å². The van der Waals surface area contributed by atoms with Crippen LogP contribution in [0.3, 0.4) is 0 Å². The molecular weight excluding hydrogens is 416 g/mol. The van der Waals surface area contributed by atoms with Crippen LogP contribution >= 0.6 is 0 Å². The highest BCUT2D eigenvalue weighted by Crippen LogP contribution is 2.21. The van der Waals surface area contributed by atoms with E-state index in [2.05, 4.69) is 25.4 Å². The van der Waals surface area contributed by atoms with Crippen LogP contribution in [0.5, 0.6) is 0 Å². The van der Waals surface area contributed by atoms with Crippen molar-refractivity contribution in [3.8, 4) is 6.07 Å². The SMILES string of the molecule is Cc1cc(C)n(Cc2ccc(C(=O)C(C#N)c3nc(N)nc(Nc4ccccc4)n3)cc2)n1. The van der Waals surface area contributed by atoms with Gasteiger partial charge in [0.05, 0.1) is 18.3 Å². The molecule has 0 aliphatic heterocycles. The summed E-state index contributed by atoms with van der Waals surface area (Å²) in [5.74, 6) is -1.54. The first kappa shape index (κ1) is 21.6. The second-order valence-electron chi connectivity index (χ2n) is 7.57. The monoisotopic (exact) mass is 438 g/mol. The number of carbonyl (C=O) groups is 1. The van der Waals surface area contributed by atoms with Crippen LogP contribution in [-0.2, 0) is 6.54 Å². The molecule has 9 heteroatoms.